The van der Waals surface area contributed by atoms with E-state index < -0.39 is 44.8 Å². The second-order valence-corrected chi connectivity index (χ2v) is 12.1. The molecule has 9 nitrogen and oxygen atoms in total. The summed E-state index contributed by atoms with van der Waals surface area (Å²) in [5.41, 5.74) is 0.231. The van der Waals surface area contributed by atoms with E-state index >= 15 is 0 Å². The molecule has 4 aliphatic carbocycles. The van der Waals surface area contributed by atoms with Gasteiger partial charge in [-0.05, 0) is 68.1 Å². The number of rotatable bonds is 8. The van der Waals surface area contributed by atoms with E-state index in [1.54, 1.807) is 0 Å². The number of hydrogen-bond donors (Lipinski definition) is 7. The fraction of sp³-hybridized carbons (Fsp3) is 1.00. The second kappa shape index (κ2) is 8.45. The van der Waals surface area contributed by atoms with E-state index in [2.05, 4.69) is 10.4 Å². The van der Waals surface area contributed by atoms with Crippen LogP contribution in [0.5, 0.6) is 0 Å². The standard InChI is InChI=1S/C19H35N2O7P/c22-9-14-16(23)17(24)15(18(25)28-14)20-10-21-29(26,27)2-1-19-6-11-3-12(7-19)5-13(4-11)8-19/h11-18,20,22-25H,1-10H2,(H2,21,26,27)/t11?,12?,13?,14-,15?,16+,17-,18?,19?/m1/s1. The maximum absolute atomic E-state index is 12.6. The molecule has 5 rings (SSSR count). The number of ether oxygens (including phenoxy) is 1. The molecule has 0 radical (unpaired) electrons. The highest BCUT2D eigenvalue weighted by Crippen LogP contribution is 2.62. The van der Waals surface area contributed by atoms with Crippen LogP contribution in [0.25, 0.3) is 0 Å². The van der Waals surface area contributed by atoms with Crippen molar-refractivity contribution in [2.45, 2.75) is 75.6 Å². The predicted molar refractivity (Wildman–Crippen MR) is 105 cm³/mol. The van der Waals surface area contributed by atoms with Gasteiger partial charge in [-0.2, -0.15) is 0 Å². The van der Waals surface area contributed by atoms with E-state index in [0.29, 0.717) is 0 Å². The zero-order valence-corrected chi connectivity index (χ0v) is 17.6. The van der Waals surface area contributed by atoms with Crippen LogP contribution in [-0.2, 0) is 9.30 Å². The highest BCUT2D eigenvalue weighted by Gasteiger charge is 2.51. The van der Waals surface area contributed by atoms with Crippen molar-refractivity contribution in [2.24, 2.45) is 23.2 Å². The zero-order chi connectivity index (χ0) is 20.8. The Bertz CT molecular complexity index is 600. The van der Waals surface area contributed by atoms with E-state index in [1.165, 1.54) is 38.5 Å². The van der Waals surface area contributed by atoms with Gasteiger partial charge in [0.15, 0.2) is 6.29 Å². The SMILES string of the molecule is O=P(O)(CCC12CC3CC(CC(C3)C1)C2)NCNC1C(O)O[C@H](CO)[C@H](O)[C@@H]1O. The van der Waals surface area contributed by atoms with Gasteiger partial charge in [-0.3, -0.25) is 9.88 Å². The minimum absolute atomic E-state index is 0.118. The van der Waals surface area contributed by atoms with Crippen LogP contribution in [0.3, 0.4) is 0 Å². The van der Waals surface area contributed by atoms with E-state index in [-0.39, 0.29) is 18.2 Å². The Hall–Kier alpha value is -0.0900. The van der Waals surface area contributed by atoms with Crippen molar-refractivity contribution in [1.29, 1.82) is 0 Å². The summed E-state index contributed by atoms with van der Waals surface area (Å²) in [7, 11) is -3.57. The highest BCUT2D eigenvalue weighted by molar-refractivity contribution is 7.55. The maximum Gasteiger partial charge on any atom is 0.268 e. The molecule has 0 spiro atoms. The van der Waals surface area contributed by atoms with Gasteiger partial charge in [0, 0.05) is 6.16 Å². The molecule has 4 bridgehead atoms. The van der Waals surface area contributed by atoms with Crippen LogP contribution in [-0.4, -0.2) is 75.4 Å². The molecule has 1 heterocycles. The third-order valence-electron chi connectivity index (χ3n) is 7.67. The molecule has 0 aromatic heterocycles. The van der Waals surface area contributed by atoms with Crippen molar-refractivity contribution >= 4 is 7.52 Å². The van der Waals surface area contributed by atoms with Crippen molar-refractivity contribution in [2.75, 3.05) is 19.4 Å². The van der Waals surface area contributed by atoms with Crippen molar-refractivity contribution in [3.8, 4) is 0 Å². The van der Waals surface area contributed by atoms with Gasteiger partial charge in [-0.1, -0.05) is 0 Å². The minimum Gasteiger partial charge on any atom is -0.394 e. The Kier molecular flexibility index (Phi) is 6.44. The van der Waals surface area contributed by atoms with Crippen LogP contribution in [0.2, 0.25) is 0 Å². The lowest BCUT2D eigenvalue weighted by Gasteiger charge is -2.57. The molecular formula is C19H35N2O7P. The van der Waals surface area contributed by atoms with Gasteiger partial charge in [0.05, 0.1) is 19.3 Å². The molecule has 5 aliphatic rings. The van der Waals surface area contributed by atoms with Crippen LogP contribution < -0.4 is 10.4 Å². The van der Waals surface area contributed by atoms with Crippen LogP contribution in [0, 0.1) is 23.2 Å². The molecule has 1 aliphatic heterocycles. The summed E-state index contributed by atoms with van der Waals surface area (Å²) in [4.78, 5) is 10.4. The first-order valence-electron chi connectivity index (χ1n) is 10.8. The van der Waals surface area contributed by atoms with Crippen molar-refractivity contribution in [3.63, 3.8) is 0 Å². The van der Waals surface area contributed by atoms with Crippen molar-refractivity contribution in [3.05, 3.63) is 0 Å². The molecule has 4 saturated carbocycles. The van der Waals surface area contributed by atoms with Gasteiger partial charge in [-0.15, -0.1) is 0 Å². The van der Waals surface area contributed by atoms with Gasteiger partial charge in [0.25, 0.3) is 7.52 Å². The summed E-state index contributed by atoms with van der Waals surface area (Å²) in [5.74, 6) is 2.41. The molecule has 168 valence electrons. The van der Waals surface area contributed by atoms with E-state index in [9.17, 15) is 24.8 Å². The average Bonchev–Trinajstić information content (AvgIpc) is 2.65. The number of aliphatic hydroxyl groups is 4. The van der Waals surface area contributed by atoms with Gasteiger partial charge < -0.3 is 30.1 Å². The summed E-state index contributed by atoms with van der Waals surface area (Å²) in [6, 6.07) is -1.04. The maximum atomic E-state index is 12.6. The van der Waals surface area contributed by atoms with Crippen LogP contribution in [0.15, 0.2) is 0 Å². The number of hydrogen-bond acceptors (Lipinski definition) is 7. The third-order valence-corrected chi connectivity index (χ3v) is 9.16. The van der Waals surface area contributed by atoms with E-state index in [1.807, 2.05) is 0 Å². The van der Waals surface area contributed by atoms with Crippen molar-refractivity contribution < 1.29 is 34.6 Å². The van der Waals surface area contributed by atoms with Gasteiger partial charge >= 0.3 is 0 Å². The fourth-order valence-electron chi connectivity index (χ4n) is 6.67. The summed E-state index contributed by atoms with van der Waals surface area (Å²) < 4.78 is 17.7. The van der Waals surface area contributed by atoms with E-state index in [4.69, 9.17) is 9.84 Å². The predicted octanol–water partition coefficient (Wildman–Crippen LogP) is -0.285. The summed E-state index contributed by atoms with van der Waals surface area (Å²) in [5, 5.41) is 44.4. The molecule has 29 heavy (non-hydrogen) atoms. The first kappa shape index (κ1) is 22.1. The topological polar surface area (TPSA) is 152 Å². The second-order valence-electron chi connectivity index (χ2n) is 9.89. The van der Waals surface area contributed by atoms with E-state index in [0.717, 1.165) is 24.2 Å². The fourth-order valence-corrected chi connectivity index (χ4v) is 7.94. The Morgan fingerprint density at radius 3 is 2.14 bits per heavy atom. The Balaban J connectivity index is 1.25. The van der Waals surface area contributed by atoms with Gasteiger partial charge in [0.1, 0.15) is 18.3 Å². The molecule has 3 unspecified atom stereocenters. The smallest absolute Gasteiger partial charge is 0.268 e. The largest absolute Gasteiger partial charge is 0.394 e. The summed E-state index contributed by atoms with van der Waals surface area (Å²) >= 11 is 0. The molecule has 0 aromatic carbocycles. The molecule has 6 atom stereocenters. The summed E-state index contributed by atoms with van der Waals surface area (Å²) in [6.45, 7) is -0.649. The lowest BCUT2D eigenvalue weighted by atomic mass is 9.49. The molecule has 7 N–H and O–H groups in total. The first-order valence-corrected chi connectivity index (χ1v) is 12.7. The average molecular weight is 434 g/mol. The van der Waals surface area contributed by atoms with Crippen molar-refractivity contribution in [1.82, 2.24) is 10.4 Å². The molecule has 0 aromatic rings. The van der Waals surface area contributed by atoms with Gasteiger partial charge in [-0.25, -0.2) is 5.09 Å². The molecule has 0 amide bonds. The van der Waals surface area contributed by atoms with Crippen LogP contribution in [0.1, 0.15) is 44.9 Å². The number of aliphatic hydroxyl groups excluding tert-OH is 4. The Labute approximate surface area is 171 Å². The Morgan fingerprint density at radius 1 is 1.00 bits per heavy atom. The Morgan fingerprint density at radius 2 is 1.59 bits per heavy atom. The minimum atomic E-state index is -3.57. The normalized spacial score (nSPS) is 48.6. The lowest BCUT2D eigenvalue weighted by Crippen LogP contribution is -2.64. The van der Waals surface area contributed by atoms with Crippen LogP contribution >= 0.6 is 7.52 Å². The highest BCUT2D eigenvalue weighted by atomic mass is 31.2. The van der Waals surface area contributed by atoms with Gasteiger partial charge in [0.2, 0.25) is 0 Å². The molecule has 5 fully saturated rings. The first-order chi connectivity index (χ1) is 13.7. The zero-order valence-electron chi connectivity index (χ0n) is 16.7. The molecular weight excluding hydrogens is 399 g/mol. The number of nitrogens with one attached hydrogen (secondary N) is 2. The quantitative estimate of drug-likeness (QED) is 0.202. The molecule has 10 heteroatoms. The monoisotopic (exact) mass is 434 g/mol. The molecule has 1 saturated heterocycles. The summed E-state index contributed by atoms with van der Waals surface area (Å²) in [6.07, 6.45) is 3.32. The third kappa shape index (κ3) is 4.73. The lowest BCUT2D eigenvalue weighted by molar-refractivity contribution is -0.254. The van der Waals surface area contributed by atoms with Crippen LogP contribution in [0.4, 0.5) is 0 Å².